The standard InChI is InChI=1S/C20H28N4O2/c1-5-12-25-19-11-9-8-10-15(19)13-22-20(21-4)23-14-16-17(6-2)24-26-18(16)7-3/h5,8-11H,1,6-7,12-14H2,2-4H3,(H2,21,22,23). The predicted molar refractivity (Wildman–Crippen MR) is 104 cm³/mol. The SMILES string of the molecule is C=CCOc1ccccc1CNC(=NC)NCc1c(CC)noc1CC. The zero-order valence-corrected chi connectivity index (χ0v) is 15.8. The lowest BCUT2D eigenvalue weighted by Gasteiger charge is -2.14. The molecule has 1 aromatic carbocycles. The number of aromatic nitrogens is 1. The third-order valence-electron chi connectivity index (χ3n) is 4.04. The normalized spacial score (nSPS) is 11.3. The summed E-state index contributed by atoms with van der Waals surface area (Å²) >= 11 is 0. The number of para-hydroxylation sites is 1. The molecule has 2 aromatic rings. The highest BCUT2D eigenvalue weighted by Crippen LogP contribution is 2.18. The third-order valence-corrected chi connectivity index (χ3v) is 4.04. The van der Waals surface area contributed by atoms with Gasteiger partial charge in [-0.1, -0.05) is 49.9 Å². The van der Waals surface area contributed by atoms with Crippen molar-refractivity contribution in [2.75, 3.05) is 13.7 Å². The molecule has 0 aliphatic heterocycles. The number of benzene rings is 1. The molecule has 0 amide bonds. The fourth-order valence-electron chi connectivity index (χ4n) is 2.65. The Morgan fingerprint density at radius 1 is 1.23 bits per heavy atom. The Bertz CT molecular complexity index is 716. The minimum absolute atomic E-state index is 0.483. The first-order chi connectivity index (χ1) is 12.7. The summed E-state index contributed by atoms with van der Waals surface area (Å²) in [4.78, 5) is 4.29. The lowest BCUT2D eigenvalue weighted by Crippen LogP contribution is -2.36. The second kappa shape index (κ2) is 10.3. The van der Waals surface area contributed by atoms with Gasteiger partial charge in [-0.2, -0.15) is 0 Å². The van der Waals surface area contributed by atoms with Crippen molar-refractivity contribution < 1.29 is 9.26 Å². The molecule has 6 nitrogen and oxygen atoms in total. The molecular formula is C20H28N4O2. The van der Waals surface area contributed by atoms with Crippen LogP contribution in [-0.4, -0.2) is 24.8 Å². The smallest absolute Gasteiger partial charge is 0.191 e. The minimum Gasteiger partial charge on any atom is -0.489 e. The summed E-state index contributed by atoms with van der Waals surface area (Å²) in [5.41, 5.74) is 3.17. The molecule has 0 saturated heterocycles. The van der Waals surface area contributed by atoms with Crippen LogP contribution in [0.1, 0.15) is 36.4 Å². The molecule has 0 unspecified atom stereocenters. The van der Waals surface area contributed by atoms with Crippen molar-refractivity contribution in [1.82, 2.24) is 15.8 Å². The number of rotatable bonds is 9. The number of nitrogens with zero attached hydrogens (tertiary/aromatic N) is 2. The first-order valence-electron chi connectivity index (χ1n) is 8.95. The Kier molecular flexibility index (Phi) is 7.74. The van der Waals surface area contributed by atoms with Gasteiger partial charge in [0.15, 0.2) is 5.96 Å². The van der Waals surface area contributed by atoms with E-state index in [-0.39, 0.29) is 0 Å². The van der Waals surface area contributed by atoms with Crippen LogP contribution in [0.3, 0.4) is 0 Å². The maximum Gasteiger partial charge on any atom is 0.191 e. The van der Waals surface area contributed by atoms with Crippen LogP contribution in [0.25, 0.3) is 0 Å². The van der Waals surface area contributed by atoms with E-state index in [1.54, 1.807) is 13.1 Å². The predicted octanol–water partition coefficient (Wildman–Crippen LogP) is 3.23. The van der Waals surface area contributed by atoms with Gasteiger partial charge < -0.3 is 19.9 Å². The van der Waals surface area contributed by atoms with Gasteiger partial charge in [0, 0.05) is 37.7 Å². The van der Waals surface area contributed by atoms with Crippen LogP contribution in [-0.2, 0) is 25.9 Å². The Morgan fingerprint density at radius 2 is 2.00 bits per heavy atom. The zero-order chi connectivity index (χ0) is 18.8. The van der Waals surface area contributed by atoms with Crippen LogP contribution in [0, 0.1) is 0 Å². The van der Waals surface area contributed by atoms with Crippen LogP contribution in [0.2, 0.25) is 0 Å². The van der Waals surface area contributed by atoms with Crippen molar-refractivity contribution in [3.63, 3.8) is 0 Å². The molecule has 2 N–H and O–H groups in total. The van der Waals surface area contributed by atoms with Crippen LogP contribution in [0.5, 0.6) is 5.75 Å². The largest absolute Gasteiger partial charge is 0.489 e. The first-order valence-corrected chi connectivity index (χ1v) is 8.95. The van der Waals surface area contributed by atoms with Crippen molar-refractivity contribution in [3.05, 3.63) is 59.5 Å². The van der Waals surface area contributed by atoms with E-state index in [4.69, 9.17) is 9.26 Å². The molecule has 0 aliphatic carbocycles. The average Bonchev–Trinajstić information content (AvgIpc) is 3.09. The molecule has 0 saturated carbocycles. The van der Waals surface area contributed by atoms with Crippen molar-refractivity contribution in [2.45, 2.75) is 39.8 Å². The number of ether oxygens (including phenoxy) is 1. The molecule has 0 radical (unpaired) electrons. The number of nitrogens with one attached hydrogen (secondary N) is 2. The Hall–Kier alpha value is -2.76. The third kappa shape index (κ3) is 5.12. The Balaban J connectivity index is 1.97. The van der Waals surface area contributed by atoms with Crippen LogP contribution >= 0.6 is 0 Å². The van der Waals surface area contributed by atoms with Crippen LogP contribution in [0.15, 0.2) is 46.4 Å². The molecule has 6 heteroatoms. The Morgan fingerprint density at radius 3 is 2.69 bits per heavy atom. The molecular weight excluding hydrogens is 328 g/mol. The molecule has 1 heterocycles. The van der Waals surface area contributed by atoms with E-state index in [1.165, 1.54) is 0 Å². The number of aliphatic imine (C=N–C) groups is 1. The highest BCUT2D eigenvalue weighted by Gasteiger charge is 2.13. The quantitative estimate of drug-likeness (QED) is 0.410. The maximum absolute atomic E-state index is 5.69. The van der Waals surface area contributed by atoms with Gasteiger partial charge in [0.05, 0.1) is 5.69 Å². The van der Waals surface area contributed by atoms with Crippen LogP contribution < -0.4 is 15.4 Å². The fraction of sp³-hybridized carbons (Fsp3) is 0.400. The van der Waals surface area contributed by atoms with E-state index >= 15 is 0 Å². The number of hydrogen-bond acceptors (Lipinski definition) is 4. The van der Waals surface area contributed by atoms with Gasteiger partial charge in [0.25, 0.3) is 0 Å². The molecule has 0 bridgehead atoms. The average molecular weight is 356 g/mol. The summed E-state index contributed by atoms with van der Waals surface area (Å²) in [7, 11) is 1.75. The summed E-state index contributed by atoms with van der Waals surface area (Å²) in [6, 6.07) is 7.93. The molecule has 2 rings (SSSR count). The maximum atomic E-state index is 5.69. The van der Waals surface area contributed by atoms with Gasteiger partial charge >= 0.3 is 0 Å². The summed E-state index contributed by atoms with van der Waals surface area (Å²) in [5.74, 6) is 2.48. The second-order valence-electron chi connectivity index (χ2n) is 5.72. The highest BCUT2D eigenvalue weighted by atomic mass is 16.5. The number of aryl methyl sites for hydroxylation is 2. The van der Waals surface area contributed by atoms with E-state index in [1.807, 2.05) is 24.3 Å². The van der Waals surface area contributed by atoms with Gasteiger partial charge in [0.2, 0.25) is 0 Å². The van der Waals surface area contributed by atoms with E-state index in [2.05, 4.69) is 41.2 Å². The minimum atomic E-state index is 0.483. The fourth-order valence-corrected chi connectivity index (χ4v) is 2.65. The van der Waals surface area contributed by atoms with E-state index in [9.17, 15) is 0 Å². The van der Waals surface area contributed by atoms with Crippen molar-refractivity contribution in [2.24, 2.45) is 4.99 Å². The number of guanidine groups is 1. The van der Waals surface area contributed by atoms with Gasteiger partial charge in [-0.15, -0.1) is 0 Å². The molecule has 1 aromatic heterocycles. The van der Waals surface area contributed by atoms with E-state index in [0.29, 0.717) is 25.7 Å². The van der Waals surface area contributed by atoms with Crippen molar-refractivity contribution in [3.8, 4) is 5.75 Å². The monoisotopic (exact) mass is 356 g/mol. The summed E-state index contributed by atoms with van der Waals surface area (Å²) in [6.45, 7) is 9.55. The molecule has 0 aliphatic rings. The molecule has 0 fully saturated rings. The summed E-state index contributed by atoms with van der Waals surface area (Å²) < 4.78 is 11.1. The lowest BCUT2D eigenvalue weighted by atomic mass is 10.1. The van der Waals surface area contributed by atoms with Gasteiger partial charge in [0.1, 0.15) is 18.1 Å². The molecule has 0 atom stereocenters. The van der Waals surface area contributed by atoms with Gasteiger partial charge in [-0.25, -0.2) is 0 Å². The molecule has 140 valence electrons. The lowest BCUT2D eigenvalue weighted by molar-refractivity contribution is 0.358. The highest BCUT2D eigenvalue weighted by molar-refractivity contribution is 5.79. The zero-order valence-electron chi connectivity index (χ0n) is 15.8. The molecule has 0 spiro atoms. The molecule has 26 heavy (non-hydrogen) atoms. The van der Waals surface area contributed by atoms with E-state index < -0.39 is 0 Å². The van der Waals surface area contributed by atoms with Gasteiger partial charge in [-0.05, 0) is 12.5 Å². The number of hydrogen-bond donors (Lipinski definition) is 2. The topological polar surface area (TPSA) is 71.7 Å². The van der Waals surface area contributed by atoms with Crippen LogP contribution in [0.4, 0.5) is 0 Å². The Labute approximate surface area is 155 Å². The summed E-state index contributed by atoms with van der Waals surface area (Å²) in [5, 5.41) is 10.8. The summed E-state index contributed by atoms with van der Waals surface area (Å²) in [6.07, 6.45) is 3.41. The van der Waals surface area contributed by atoms with Gasteiger partial charge in [-0.3, -0.25) is 4.99 Å². The van der Waals surface area contributed by atoms with E-state index in [0.717, 1.165) is 41.2 Å². The van der Waals surface area contributed by atoms with Crippen molar-refractivity contribution >= 4 is 5.96 Å². The first kappa shape index (κ1) is 19.6. The van der Waals surface area contributed by atoms with Crippen molar-refractivity contribution in [1.29, 1.82) is 0 Å². The second-order valence-corrected chi connectivity index (χ2v) is 5.72.